The Balaban J connectivity index is 3.01. The second-order valence-electron chi connectivity index (χ2n) is 3.06. The minimum Gasteiger partial charge on any atom is -0.493 e. The monoisotopic (exact) mass is 268 g/mol. The van der Waals surface area contributed by atoms with E-state index in [0.29, 0.717) is 6.61 Å². The lowest BCUT2D eigenvalue weighted by atomic mass is 10.2. The van der Waals surface area contributed by atoms with E-state index in [2.05, 4.69) is 15.9 Å². The van der Waals surface area contributed by atoms with Crippen LogP contribution in [-0.2, 0) is 4.79 Å². The van der Waals surface area contributed by atoms with Crippen molar-refractivity contribution in [2.24, 2.45) is 0 Å². The number of carbonyl (C=O) groups is 1. The van der Waals surface area contributed by atoms with Gasteiger partial charge in [-0.25, -0.2) is 0 Å². The zero-order chi connectivity index (χ0) is 11.3. The maximum absolute atomic E-state index is 10.8. The summed E-state index contributed by atoms with van der Waals surface area (Å²) in [4.78, 5) is 10.8. The Hall–Kier alpha value is -1.09. The van der Waals surface area contributed by atoms with Crippen LogP contribution >= 0.6 is 15.9 Å². The summed E-state index contributed by atoms with van der Waals surface area (Å²) in [7, 11) is 0. The summed E-state index contributed by atoms with van der Waals surface area (Å²) >= 11 is 3.38. The largest absolute Gasteiger partial charge is 0.493 e. The van der Waals surface area contributed by atoms with E-state index in [1.165, 1.54) is 13.0 Å². The molecule has 0 spiro atoms. The molecule has 0 heterocycles. The van der Waals surface area contributed by atoms with Gasteiger partial charge in [-0.2, -0.15) is 0 Å². The van der Waals surface area contributed by atoms with Crippen molar-refractivity contribution >= 4 is 27.8 Å². The number of rotatable bonds is 4. The normalized spacial score (nSPS) is 10.6. The first-order chi connectivity index (χ1) is 7.13. The number of halogens is 1. The summed E-state index contributed by atoms with van der Waals surface area (Å²) in [6.45, 7) is 4.07. The summed E-state index contributed by atoms with van der Waals surface area (Å²) in [6.07, 6.45) is 3.29. The van der Waals surface area contributed by atoms with Crippen molar-refractivity contribution in [3.63, 3.8) is 0 Å². The molecule has 0 aliphatic rings. The van der Waals surface area contributed by atoms with Crippen molar-refractivity contribution in [3.8, 4) is 5.75 Å². The van der Waals surface area contributed by atoms with E-state index in [1.54, 1.807) is 6.08 Å². The Morgan fingerprint density at radius 1 is 1.53 bits per heavy atom. The zero-order valence-electron chi connectivity index (χ0n) is 8.79. The second-order valence-corrected chi connectivity index (χ2v) is 3.97. The molecule has 0 amide bonds. The topological polar surface area (TPSA) is 26.3 Å². The van der Waals surface area contributed by atoms with Gasteiger partial charge in [0.05, 0.1) is 6.61 Å². The van der Waals surface area contributed by atoms with Crippen LogP contribution in [0.5, 0.6) is 5.75 Å². The molecule has 0 saturated carbocycles. The highest BCUT2D eigenvalue weighted by molar-refractivity contribution is 9.10. The first-order valence-electron chi connectivity index (χ1n) is 4.74. The van der Waals surface area contributed by atoms with Crippen LogP contribution in [0.15, 0.2) is 28.7 Å². The lowest BCUT2D eigenvalue weighted by Gasteiger charge is -2.07. The van der Waals surface area contributed by atoms with Crippen LogP contribution in [-0.4, -0.2) is 12.4 Å². The molecule has 0 aromatic heterocycles. The van der Waals surface area contributed by atoms with Crippen LogP contribution in [0.25, 0.3) is 6.08 Å². The molecule has 1 rings (SSSR count). The van der Waals surface area contributed by atoms with Crippen molar-refractivity contribution in [1.29, 1.82) is 0 Å². The summed E-state index contributed by atoms with van der Waals surface area (Å²) in [5.74, 6) is 0.815. The number of ether oxygens (including phenoxy) is 1. The number of benzene rings is 1. The molecule has 15 heavy (non-hydrogen) atoms. The first-order valence-corrected chi connectivity index (χ1v) is 5.53. The Morgan fingerprint density at radius 2 is 2.27 bits per heavy atom. The summed E-state index contributed by atoms with van der Waals surface area (Å²) in [5, 5.41) is 0. The fraction of sp³-hybridized carbons (Fsp3) is 0.250. The van der Waals surface area contributed by atoms with E-state index in [4.69, 9.17) is 4.74 Å². The number of allylic oxidation sites excluding steroid dienone is 1. The molecule has 0 fully saturated rings. The molecule has 1 aromatic carbocycles. The van der Waals surface area contributed by atoms with Gasteiger partial charge in [-0.1, -0.05) is 15.9 Å². The number of ketones is 1. The Kier molecular flexibility index (Phi) is 4.56. The molecule has 0 bridgehead atoms. The van der Waals surface area contributed by atoms with Gasteiger partial charge in [0.2, 0.25) is 0 Å². The van der Waals surface area contributed by atoms with Gasteiger partial charge in [0, 0.05) is 10.0 Å². The molecule has 80 valence electrons. The molecule has 3 heteroatoms. The maximum Gasteiger partial charge on any atom is 0.152 e. The van der Waals surface area contributed by atoms with Crippen LogP contribution in [0.3, 0.4) is 0 Å². The van der Waals surface area contributed by atoms with Gasteiger partial charge < -0.3 is 4.74 Å². The Labute approximate surface area is 98.1 Å². The molecular formula is C12H13BrO2. The molecular weight excluding hydrogens is 256 g/mol. The standard InChI is InChI=1S/C12H13BrO2/c1-3-15-12-7-6-11(13)8-10(12)5-4-9(2)14/h4-8H,3H2,1-2H3/b5-4+. The molecule has 0 saturated heterocycles. The van der Waals surface area contributed by atoms with E-state index in [-0.39, 0.29) is 5.78 Å². The van der Waals surface area contributed by atoms with Crippen molar-refractivity contribution in [3.05, 3.63) is 34.3 Å². The van der Waals surface area contributed by atoms with E-state index in [9.17, 15) is 4.79 Å². The third-order valence-corrected chi connectivity index (χ3v) is 2.26. The van der Waals surface area contributed by atoms with Crippen molar-refractivity contribution in [2.45, 2.75) is 13.8 Å². The van der Waals surface area contributed by atoms with Gasteiger partial charge in [-0.05, 0) is 44.2 Å². The summed E-state index contributed by atoms with van der Waals surface area (Å²) in [6, 6.07) is 5.72. The lowest BCUT2D eigenvalue weighted by molar-refractivity contribution is -0.112. The fourth-order valence-corrected chi connectivity index (χ4v) is 1.52. The second kappa shape index (κ2) is 5.71. The average Bonchev–Trinajstić information content (AvgIpc) is 2.18. The SMILES string of the molecule is CCOc1ccc(Br)cc1/C=C/C(C)=O. The smallest absolute Gasteiger partial charge is 0.152 e. The van der Waals surface area contributed by atoms with Crippen molar-refractivity contribution in [1.82, 2.24) is 0 Å². The zero-order valence-corrected chi connectivity index (χ0v) is 10.4. The van der Waals surface area contributed by atoms with Crippen LogP contribution < -0.4 is 4.74 Å². The summed E-state index contributed by atoms with van der Waals surface area (Å²) in [5.41, 5.74) is 0.904. The molecule has 0 radical (unpaired) electrons. The van der Waals surface area contributed by atoms with Crippen LogP contribution in [0, 0.1) is 0 Å². The van der Waals surface area contributed by atoms with Crippen molar-refractivity contribution in [2.75, 3.05) is 6.61 Å². The maximum atomic E-state index is 10.8. The lowest BCUT2D eigenvalue weighted by Crippen LogP contribution is -1.94. The molecule has 0 aliphatic carbocycles. The highest BCUT2D eigenvalue weighted by Gasteiger charge is 2.00. The number of hydrogen-bond donors (Lipinski definition) is 0. The highest BCUT2D eigenvalue weighted by atomic mass is 79.9. The van der Waals surface area contributed by atoms with Crippen LogP contribution in [0.2, 0.25) is 0 Å². The highest BCUT2D eigenvalue weighted by Crippen LogP contribution is 2.24. The van der Waals surface area contributed by atoms with Gasteiger partial charge in [-0.15, -0.1) is 0 Å². The number of carbonyl (C=O) groups excluding carboxylic acids is 1. The quantitative estimate of drug-likeness (QED) is 0.782. The predicted molar refractivity (Wildman–Crippen MR) is 65.0 cm³/mol. The van der Waals surface area contributed by atoms with Crippen LogP contribution in [0.4, 0.5) is 0 Å². The van der Waals surface area contributed by atoms with Crippen molar-refractivity contribution < 1.29 is 9.53 Å². The minimum absolute atomic E-state index is 0.0254. The minimum atomic E-state index is 0.0254. The molecule has 0 atom stereocenters. The molecule has 2 nitrogen and oxygen atoms in total. The van der Waals surface area contributed by atoms with E-state index < -0.39 is 0 Å². The van der Waals surface area contributed by atoms with Gasteiger partial charge >= 0.3 is 0 Å². The summed E-state index contributed by atoms with van der Waals surface area (Å²) < 4.78 is 6.41. The fourth-order valence-electron chi connectivity index (χ4n) is 1.14. The Morgan fingerprint density at radius 3 is 2.87 bits per heavy atom. The predicted octanol–water partition coefficient (Wildman–Crippen LogP) is 3.45. The average molecular weight is 269 g/mol. The first kappa shape index (κ1) is 12.0. The van der Waals surface area contributed by atoms with Gasteiger partial charge in [0.25, 0.3) is 0 Å². The number of hydrogen-bond acceptors (Lipinski definition) is 2. The van der Waals surface area contributed by atoms with Gasteiger partial charge in [0.1, 0.15) is 5.75 Å². The molecule has 0 N–H and O–H groups in total. The van der Waals surface area contributed by atoms with Gasteiger partial charge in [0.15, 0.2) is 5.78 Å². The third kappa shape index (κ3) is 3.88. The Bertz CT molecular complexity index is 383. The van der Waals surface area contributed by atoms with E-state index >= 15 is 0 Å². The van der Waals surface area contributed by atoms with Gasteiger partial charge in [-0.3, -0.25) is 4.79 Å². The molecule has 0 aliphatic heterocycles. The third-order valence-electron chi connectivity index (χ3n) is 1.77. The van der Waals surface area contributed by atoms with E-state index in [0.717, 1.165) is 15.8 Å². The van der Waals surface area contributed by atoms with Crippen LogP contribution in [0.1, 0.15) is 19.4 Å². The van der Waals surface area contributed by atoms with E-state index in [1.807, 2.05) is 25.1 Å². The molecule has 1 aromatic rings. The molecule has 0 unspecified atom stereocenters.